The van der Waals surface area contributed by atoms with Gasteiger partial charge in [0.1, 0.15) is 14.2 Å². The van der Waals surface area contributed by atoms with Crippen LogP contribution in [0.15, 0.2) is 66.7 Å². The molecule has 0 fully saturated rings. The van der Waals surface area contributed by atoms with E-state index in [0.717, 1.165) is 11.6 Å². The van der Waals surface area contributed by atoms with Crippen LogP contribution < -0.4 is 0 Å². The zero-order chi connectivity index (χ0) is 15.8. The van der Waals surface area contributed by atoms with E-state index in [-0.39, 0.29) is 0 Å². The average Bonchev–Trinajstić information content (AvgIpc) is 2.53. The van der Waals surface area contributed by atoms with Crippen LogP contribution in [0.4, 0.5) is 0 Å². The third-order valence-electron chi connectivity index (χ3n) is 3.32. The van der Waals surface area contributed by atoms with Crippen LogP contribution in [-0.4, -0.2) is 19.3 Å². The topological polar surface area (TPSA) is 20.2 Å². The summed E-state index contributed by atoms with van der Waals surface area (Å²) >= 11 is 0. The van der Waals surface area contributed by atoms with Gasteiger partial charge in [-0.25, -0.2) is 0 Å². The van der Waals surface area contributed by atoms with Gasteiger partial charge in [-0.1, -0.05) is 85.8 Å². The van der Waals surface area contributed by atoms with Crippen LogP contribution in [0, 0.1) is 11.5 Å². The highest BCUT2D eigenvalue weighted by Crippen LogP contribution is 2.11. The molecule has 112 valence electrons. The molecule has 1 N–H and O–H groups in total. The van der Waals surface area contributed by atoms with E-state index in [0.29, 0.717) is 0 Å². The first-order valence-electron chi connectivity index (χ1n) is 7.53. The Morgan fingerprint density at radius 3 is 2.23 bits per heavy atom. The molecule has 0 radical (unpaired) electrons. The lowest BCUT2D eigenvalue weighted by atomic mass is 10.2. The van der Waals surface area contributed by atoms with E-state index in [4.69, 9.17) is 0 Å². The Labute approximate surface area is 134 Å². The van der Waals surface area contributed by atoms with E-state index >= 15 is 0 Å². The highest BCUT2D eigenvalue weighted by Gasteiger charge is 2.18. The molecule has 1 nitrogen and oxygen atoms in total. The lowest BCUT2D eigenvalue weighted by Gasteiger charge is -2.14. The number of aliphatic hydroxyl groups excluding tert-OH is 1. The zero-order valence-electron chi connectivity index (χ0n) is 13.2. The number of aliphatic hydroxyl groups is 1. The molecule has 0 bridgehead atoms. The molecule has 2 aromatic rings. The van der Waals surface area contributed by atoms with Gasteiger partial charge in [-0.15, -0.1) is 5.54 Å². The van der Waals surface area contributed by atoms with E-state index < -0.39 is 14.2 Å². The van der Waals surface area contributed by atoms with Crippen LogP contribution in [0.2, 0.25) is 13.1 Å². The molecule has 2 aromatic carbocycles. The first-order chi connectivity index (χ1) is 10.6. The first kappa shape index (κ1) is 16.3. The van der Waals surface area contributed by atoms with Crippen molar-refractivity contribution < 1.29 is 5.11 Å². The fourth-order valence-corrected chi connectivity index (χ4v) is 4.12. The van der Waals surface area contributed by atoms with Gasteiger partial charge in [0.15, 0.2) is 0 Å². The Morgan fingerprint density at radius 2 is 1.59 bits per heavy atom. The predicted octanol–water partition coefficient (Wildman–Crippen LogP) is 4.09. The van der Waals surface area contributed by atoms with Crippen molar-refractivity contribution in [3.05, 3.63) is 77.9 Å². The van der Waals surface area contributed by atoms with Crippen LogP contribution in [0.3, 0.4) is 0 Å². The van der Waals surface area contributed by atoms with Crippen molar-refractivity contribution in [3.8, 4) is 11.5 Å². The van der Waals surface area contributed by atoms with Crippen LogP contribution >= 0.6 is 0 Å². The van der Waals surface area contributed by atoms with Gasteiger partial charge < -0.3 is 5.11 Å². The van der Waals surface area contributed by atoms with Gasteiger partial charge in [0.25, 0.3) is 0 Å². The molecule has 22 heavy (non-hydrogen) atoms. The lowest BCUT2D eigenvalue weighted by molar-refractivity contribution is 0.281. The smallest absolute Gasteiger partial charge is 0.136 e. The summed E-state index contributed by atoms with van der Waals surface area (Å²) < 4.78 is 0. The second kappa shape index (κ2) is 7.79. The quantitative estimate of drug-likeness (QED) is 0.666. The Hall–Kier alpha value is -2.08. The number of rotatable bonds is 4. The number of hydrogen-bond donors (Lipinski definition) is 1. The third-order valence-corrected chi connectivity index (χ3v) is 5.43. The molecule has 0 saturated heterocycles. The summed E-state index contributed by atoms with van der Waals surface area (Å²) in [4.78, 5) is 0. The highest BCUT2D eigenvalue weighted by atomic mass is 28.3. The van der Waals surface area contributed by atoms with Crippen molar-refractivity contribution in [1.29, 1.82) is 0 Å². The molecular formula is C20H22OSi. The summed E-state index contributed by atoms with van der Waals surface area (Å²) in [5.41, 5.74) is 5.73. The number of hydrogen-bond acceptors (Lipinski definition) is 1. The Kier molecular flexibility index (Phi) is 5.77. The van der Waals surface area contributed by atoms with Gasteiger partial charge in [0.2, 0.25) is 0 Å². The molecule has 0 heterocycles. The maximum Gasteiger partial charge on any atom is 0.136 e. The van der Waals surface area contributed by atoms with E-state index in [1.54, 1.807) is 6.08 Å². The monoisotopic (exact) mass is 306 g/mol. The standard InChI is InChI=1S/C20H22OSi/c1-22(2,17-19-11-7-4-8-12-19)16-15-20(21)14-13-18-9-5-3-6-10-18/h3-14,20-21H,17H2,1-2H3/b14-13+/t20-/m0/s1. The van der Waals surface area contributed by atoms with Crippen LogP contribution in [0.5, 0.6) is 0 Å². The molecule has 0 aliphatic rings. The van der Waals surface area contributed by atoms with Crippen molar-refractivity contribution >= 4 is 14.1 Å². The van der Waals surface area contributed by atoms with Gasteiger partial charge in [-0.3, -0.25) is 0 Å². The molecule has 0 amide bonds. The fourth-order valence-electron chi connectivity index (χ4n) is 2.23. The number of benzene rings is 2. The van der Waals surface area contributed by atoms with E-state index in [1.807, 2.05) is 42.5 Å². The third kappa shape index (κ3) is 5.73. The van der Waals surface area contributed by atoms with Crippen LogP contribution in [0.25, 0.3) is 6.08 Å². The van der Waals surface area contributed by atoms with Crippen LogP contribution in [0.1, 0.15) is 11.1 Å². The first-order valence-corrected chi connectivity index (χ1v) is 10.7. The van der Waals surface area contributed by atoms with E-state index in [1.165, 1.54) is 5.56 Å². The summed E-state index contributed by atoms with van der Waals surface area (Å²) in [6.45, 7) is 4.47. The minimum Gasteiger partial charge on any atom is -0.377 e. The summed E-state index contributed by atoms with van der Waals surface area (Å²) in [5.74, 6) is 2.99. The molecular weight excluding hydrogens is 284 g/mol. The zero-order valence-corrected chi connectivity index (χ0v) is 14.2. The molecule has 0 aliphatic heterocycles. The molecule has 0 unspecified atom stereocenters. The molecule has 0 spiro atoms. The molecule has 0 aromatic heterocycles. The van der Waals surface area contributed by atoms with Crippen molar-refractivity contribution in [2.75, 3.05) is 0 Å². The second-order valence-corrected chi connectivity index (χ2v) is 10.4. The summed E-state index contributed by atoms with van der Waals surface area (Å²) in [6.07, 6.45) is 2.95. The van der Waals surface area contributed by atoms with Gasteiger partial charge in [-0.2, -0.15) is 0 Å². The average molecular weight is 306 g/mol. The maximum absolute atomic E-state index is 10.0. The maximum atomic E-state index is 10.0. The fraction of sp³-hybridized carbons (Fsp3) is 0.200. The summed E-state index contributed by atoms with van der Waals surface area (Å²) in [6, 6.07) is 21.4. The summed E-state index contributed by atoms with van der Waals surface area (Å²) in [7, 11) is -1.67. The Bertz CT molecular complexity index is 663. The van der Waals surface area contributed by atoms with Gasteiger partial charge in [0, 0.05) is 0 Å². The van der Waals surface area contributed by atoms with Crippen molar-refractivity contribution in [2.24, 2.45) is 0 Å². The largest absolute Gasteiger partial charge is 0.377 e. The Balaban J connectivity index is 1.97. The Morgan fingerprint density at radius 1 is 1.00 bits per heavy atom. The second-order valence-electron chi connectivity index (χ2n) is 6.03. The van der Waals surface area contributed by atoms with Gasteiger partial charge in [-0.05, 0) is 23.2 Å². The predicted molar refractivity (Wildman–Crippen MR) is 96.9 cm³/mol. The van der Waals surface area contributed by atoms with Crippen LogP contribution in [-0.2, 0) is 6.04 Å². The molecule has 2 heteroatoms. The molecule has 1 atom stereocenters. The minimum atomic E-state index is -1.67. The highest BCUT2D eigenvalue weighted by molar-refractivity contribution is 6.84. The normalized spacial score (nSPS) is 12.7. The van der Waals surface area contributed by atoms with Gasteiger partial charge >= 0.3 is 0 Å². The van der Waals surface area contributed by atoms with E-state index in [9.17, 15) is 5.11 Å². The van der Waals surface area contributed by atoms with Crippen molar-refractivity contribution in [3.63, 3.8) is 0 Å². The van der Waals surface area contributed by atoms with E-state index in [2.05, 4.69) is 48.8 Å². The van der Waals surface area contributed by atoms with Crippen molar-refractivity contribution in [1.82, 2.24) is 0 Å². The van der Waals surface area contributed by atoms with Crippen molar-refractivity contribution in [2.45, 2.75) is 25.2 Å². The SMILES string of the molecule is C[Si](C)(C#C[C@@H](O)/C=C/c1ccccc1)Cc1ccccc1. The summed E-state index contributed by atoms with van der Waals surface area (Å²) in [5, 5.41) is 10.0. The minimum absolute atomic E-state index is 0.706. The lowest BCUT2D eigenvalue weighted by Crippen LogP contribution is -2.28. The molecule has 0 aliphatic carbocycles. The molecule has 2 rings (SSSR count). The molecule has 0 saturated carbocycles. The van der Waals surface area contributed by atoms with Gasteiger partial charge in [0.05, 0.1) is 0 Å².